The van der Waals surface area contributed by atoms with Crippen LogP contribution in [0.5, 0.6) is 5.75 Å². The number of ether oxygens (including phenoxy) is 1. The van der Waals surface area contributed by atoms with E-state index in [0.29, 0.717) is 15.9 Å². The van der Waals surface area contributed by atoms with Gasteiger partial charge in [0.1, 0.15) is 0 Å². The van der Waals surface area contributed by atoms with Crippen LogP contribution in [-0.2, 0) is 0 Å². The molecule has 0 atom stereocenters. The van der Waals surface area contributed by atoms with Crippen LogP contribution in [0.3, 0.4) is 0 Å². The van der Waals surface area contributed by atoms with Crippen molar-refractivity contribution in [2.24, 2.45) is 11.1 Å². The van der Waals surface area contributed by atoms with Gasteiger partial charge in [-0.2, -0.15) is 4.39 Å². The second-order valence-corrected chi connectivity index (χ2v) is 6.26. The lowest BCUT2D eigenvalue weighted by atomic mass is 9.88. The third-order valence-electron chi connectivity index (χ3n) is 2.83. The van der Waals surface area contributed by atoms with Crippen LogP contribution in [0.1, 0.15) is 26.7 Å². The van der Waals surface area contributed by atoms with Crippen LogP contribution in [0.25, 0.3) is 0 Å². The Bertz CT molecular complexity index is 480. The monoisotopic (exact) mass is 351 g/mol. The molecule has 0 aliphatic carbocycles. The van der Waals surface area contributed by atoms with Gasteiger partial charge in [-0.3, -0.25) is 0 Å². The highest BCUT2D eigenvalue weighted by molar-refractivity contribution is 9.10. The maximum absolute atomic E-state index is 13.4. The summed E-state index contributed by atoms with van der Waals surface area (Å²) >= 11 is 8.04. The molecule has 0 heterocycles. The second kappa shape index (κ2) is 6.61. The van der Waals surface area contributed by atoms with Crippen molar-refractivity contribution in [2.75, 3.05) is 6.61 Å². The summed E-state index contributed by atoms with van der Waals surface area (Å²) < 4.78 is 32.2. The number of hydrogen-bond acceptors (Lipinski definition) is 2. The molecule has 19 heavy (non-hydrogen) atoms. The highest BCUT2D eigenvalue weighted by Crippen LogP contribution is 2.26. The van der Waals surface area contributed by atoms with Gasteiger partial charge in [0.25, 0.3) is 0 Å². The van der Waals surface area contributed by atoms with E-state index >= 15 is 0 Å². The molecular weight excluding hydrogens is 336 g/mol. The van der Waals surface area contributed by atoms with Gasteiger partial charge in [-0.25, -0.2) is 4.39 Å². The molecule has 0 amide bonds. The molecule has 1 aromatic rings. The smallest absolute Gasteiger partial charge is 0.200 e. The van der Waals surface area contributed by atoms with E-state index in [1.165, 1.54) is 6.07 Å². The average molecular weight is 352 g/mol. The zero-order valence-corrected chi connectivity index (χ0v) is 13.2. The first-order valence-corrected chi connectivity index (χ1v) is 7.01. The molecule has 0 aromatic heterocycles. The molecular formula is C13H16BrF2NOS. The summed E-state index contributed by atoms with van der Waals surface area (Å²) in [6, 6.07) is 2.45. The predicted octanol–water partition coefficient (Wildman–Crippen LogP) is 4.20. The molecule has 1 rings (SSSR count). The molecule has 106 valence electrons. The maximum Gasteiger partial charge on any atom is 0.200 e. The first-order valence-electron chi connectivity index (χ1n) is 5.81. The molecule has 2 nitrogen and oxygen atoms in total. The Balaban J connectivity index is 2.53. The van der Waals surface area contributed by atoms with E-state index in [0.717, 1.165) is 12.5 Å². The summed E-state index contributed by atoms with van der Waals surface area (Å²) in [5.74, 6) is -2.01. The summed E-state index contributed by atoms with van der Waals surface area (Å²) in [6.45, 7) is 4.15. The molecule has 0 aliphatic rings. The van der Waals surface area contributed by atoms with Crippen LogP contribution in [0.4, 0.5) is 8.78 Å². The zero-order chi connectivity index (χ0) is 14.6. The van der Waals surface area contributed by atoms with Gasteiger partial charge < -0.3 is 10.5 Å². The van der Waals surface area contributed by atoms with Gasteiger partial charge in [0.2, 0.25) is 5.82 Å². The standard InChI is InChI=1S/C13H16BrF2NOS/c1-13(2,12(17)19)4-3-5-18-10-7-8(14)6-9(15)11(10)16/h6-7H,3-5H2,1-2H3,(H2,17,19). The van der Waals surface area contributed by atoms with E-state index in [-0.39, 0.29) is 17.8 Å². The van der Waals surface area contributed by atoms with Gasteiger partial charge in [0.05, 0.1) is 11.6 Å². The van der Waals surface area contributed by atoms with E-state index < -0.39 is 11.6 Å². The Labute approximate surface area is 125 Å². The lowest BCUT2D eigenvalue weighted by molar-refractivity contribution is 0.271. The van der Waals surface area contributed by atoms with E-state index in [1.54, 1.807) is 0 Å². The maximum atomic E-state index is 13.4. The molecule has 1 aromatic carbocycles. The van der Waals surface area contributed by atoms with Crippen molar-refractivity contribution in [3.05, 3.63) is 28.2 Å². The van der Waals surface area contributed by atoms with Crippen molar-refractivity contribution in [1.29, 1.82) is 0 Å². The number of benzene rings is 1. The van der Waals surface area contributed by atoms with Gasteiger partial charge in [-0.15, -0.1) is 0 Å². The van der Waals surface area contributed by atoms with Crippen LogP contribution in [-0.4, -0.2) is 11.6 Å². The lowest BCUT2D eigenvalue weighted by Crippen LogP contribution is -2.30. The number of nitrogens with two attached hydrogens (primary N) is 1. The van der Waals surface area contributed by atoms with Gasteiger partial charge in [0, 0.05) is 9.89 Å². The summed E-state index contributed by atoms with van der Waals surface area (Å²) in [6.07, 6.45) is 1.37. The summed E-state index contributed by atoms with van der Waals surface area (Å²) in [5.41, 5.74) is 5.34. The molecule has 0 unspecified atom stereocenters. The second-order valence-electron chi connectivity index (χ2n) is 4.90. The minimum atomic E-state index is -0.975. The topological polar surface area (TPSA) is 35.2 Å². The molecule has 0 saturated heterocycles. The fourth-order valence-electron chi connectivity index (χ4n) is 1.46. The number of hydrogen-bond donors (Lipinski definition) is 1. The number of rotatable bonds is 6. The quantitative estimate of drug-likeness (QED) is 0.474. The minimum Gasteiger partial charge on any atom is -0.490 e. The van der Waals surface area contributed by atoms with E-state index in [2.05, 4.69) is 15.9 Å². The number of halogens is 3. The average Bonchev–Trinajstić information content (AvgIpc) is 2.30. The summed E-state index contributed by atoms with van der Waals surface area (Å²) in [5, 5.41) is 0. The Kier molecular flexibility index (Phi) is 5.67. The zero-order valence-electron chi connectivity index (χ0n) is 10.8. The highest BCUT2D eigenvalue weighted by Gasteiger charge is 2.20. The third kappa shape index (κ3) is 4.69. The molecule has 0 saturated carbocycles. The molecule has 0 spiro atoms. The normalized spacial score (nSPS) is 11.4. The van der Waals surface area contributed by atoms with Crippen molar-refractivity contribution in [2.45, 2.75) is 26.7 Å². The third-order valence-corrected chi connectivity index (χ3v) is 3.84. The van der Waals surface area contributed by atoms with E-state index in [4.69, 9.17) is 22.7 Å². The van der Waals surface area contributed by atoms with Crippen molar-refractivity contribution < 1.29 is 13.5 Å². The Morgan fingerprint density at radius 3 is 2.63 bits per heavy atom. The van der Waals surface area contributed by atoms with Crippen molar-refractivity contribution in [3.63, 3.8) is 0 Å². The van der Waals surface area contributed by atoms with Crippen LogP contribution in [0.2, 0.25) is 0 Å². The predicted molar refractivity (Wildman–Crippen MR) is 79.4 cm³/mol. The van der Waals surface area contributed by atoms with Gasteiger partial charge >= 0.3 is 0 Å². The summed E-state index contributed by atoms with van der Waals surface area (Å²) in [4.78, 5) is 0.437. The molecule has 0 bridgehead atoms. The SMILES string of the molecule is CC(C)(CCCOc1cc(Br)cc(F)c1F)C(N)=S. The van der Waals surface area contributed by atoms with E-state index in [9.17, 15) is 8.78 Å². The van der Waals surface area contributed by atoms with Gasteiger partial charge in [0.15, 0.2) is 11.6 Å². The largest absolute Gasteiger partial charge is 0.490 e. The van der Waals surface area contributed by atoms with Crippen molar-refractivity contribution in [1.82, 2.24) is 0 Å². The van der Waals surface area contributed by atoms with Crippen LogP contribution < -0.4 is 10.5 Å². The van der Waals surface area contributed by atoms with Crippen molar-refractivity contribution in [3.8, 4) is 5.75 Å². The fraction of sp³-hybridized carbons (Fsp3) is 0.462. The van der Waals surface area contributed by atoms with Gasteiger partial charge in [-0.1, -0.05) is 42.0 Å². The molecule has 0 aliphatic heterocycles. The number of thiocarbonyl (C=S) groups is 1. The van der Waals surface area contributed by atoms with Crippen LogP contribution >= 0.6 is 28.1 Å². The van der Waals surface area contributed by atoms with Crippen LogP contribution in [0.15, 0.2) is 16.6 Å². The summed E-state index contributed by atoms with van der Waals surface area (Å²) in [7, 11) is 0. The lowest BCUT2D eigenvalue weighted by Gasteiger charge is -2.22. The van der Waals surface area contributed by atoms with Crippen molar-refractivity contribution >= 4 is 33.1 Å². The van der Waals surface area contributed by atoms with E-state index in [1.807, 2.05) is 13.8 Å². The molecule has 2 N–H and O–H groups in total. The van der Waals surface area contributed by atoms with Gasteiger partial charge in [-0.05, 0) is 25.0 Å². The first kappa shape index (κ1) is 16.3. The first-order chi connectivity index (χ1) is 8.74. The fourth-order valence-corrected chi connectivity index (χ4v) is 1.97. The Morgan fingerprint density at radius 1 is 1.42 bits per heavy atom. The molecule has 0 radical (unpaired) electrons. The molecule has 6 heteroatoms. The Hall–Kier alpha value is -0.750. The van der Waals surface area contributed by atoms with Crippen LogP contribution in [0, 0.1) is 17.0 Å². The highest BCUT2D eigenvalue weighted by atomic mass is 79.9. The minimum absolute atomic E-state index is 0.0972. The Morgan fingerprint density at radius 2 is 2.05 bits per heavy atom. The molecule has 0 fully saturated rings.